The van der Waals surface area contributed by atoms with Crippen LogP contribution in [0.1, 0.15) is 32.1 Å². The number of hydrogen-bond donors (Lipinski definition) is 1. The Hall–Kier alpha value is -1.05. The van der Waals surface area contributed by atoms with Gasteiger partial charge in [0, 0.05) is 7.11 Å². The summed E-state index contributed by atoms with van der Waals surface area (Å²) in [5.41, 5.74) is 0. The molecule has 1 heterocycles. The van der Waals surface area contributed by atoms with E-state index in [0.29, 0.717) is 26.4 Å². The maximum absolute atomic E-state index is 5.40. The van der Waals surface area contributed by atoms with Crippen LogP contribution in [0.5, 0.6) is 0 Å². The third-order valence-electron chi connectivity index (χ3n) is 2.53. The van der Waals surface area contributed by atoms with Crippen LogP contribution in [0.3, 0.4) is 0 Å². The molecule has 1 rings (SSSR count). The molecule has 0 aliphatic carbocycles. The highest BCUT2D eigenvalue weighted by molar-refractivity contribution is 4.89. The van der Waals surface area contributed by atoms with Gasteiger partial charge in [-0.25, -0.2) is 4.68 Å². The van der Waals surface area contributed by atoms with Crippen LogP contribution in [0.2, 0.25) is 0 Å². The molecule has 1 N–H and O–H groups in total. The average molecular weight is 257 g/mol. The predicted octanol–water partition coefficient (Wildman–Crippen LogP) is 0.397. The molecule has 1 aromatic rings. The molecule has 0 saturated heterocycles. The molecule has 0 aliphatic heterocycles. The van der Waals surface area contributed by atoms with Gasteiger partial charge in [0.2, 0.25) is 0 Å². The Morgan fingerprint density at radius 1 is 1.33 bits per heavy atom. The predicted molar refractivity (Wildman–Crippen MR) is 67.2 cm³/mol. The Morgan fingerprint density at radius 3 is 2.89 bits per heavy atom. The van der Waals surface area contributed by atoms with Gasteiger partial charge in [-0.1, -0.05) is 6.92 Å². The molecule has 7 nitrogen and oxygen atoms in total. The summed E-state index contributed by atoms with van der Waals surface area (Å²) in [6, 6.07) is 0.152. The van der Waals surface area contributed by atoms with Crippen LogP contribution in [0.4, 0.5) is 0 Å². The zero-order valence-electron chi connectivity index (χ0n) is 11.4. The second kappa shape index (κ2) is 8.96. The molecule has 0 aliphatic rings. The van der Waals surface area contributed by atoms with Crippen molar-refractivity contribution in [3.63, 3.8) is 0 Å². The van der Waals surface area contributed by atoms with Gasteiger partial charge in [0.1, 0.15) is 0 Å². The number of nitrogens with one attached hydrogen (secondary N) is 1. The first-order valence-electron chi connectivity index (χ1n) is 6.35. The van der Waals surface area contributed by atoms with Crippen molar-refractivity contribution in [3.05, 3.63) is 5.82 Å². The molecule has 1 atom stereocenters. The van der Waals surface area contributed by atoms with E-state index in [4.69, 9.17) is 9.47 Å². The fourth-order valence-electron chi connectivity index (χ4n) is 1.53. The first kappa shape index (κ1) is 15.0. The SMILES string of the molecule is CCCNC(C)c1nnnn1CCOCCOC. The van der Waals surface area contributed by atoms with Gasteiger partial charge in [0.25, 0.3) is 0 Å². The minimum atomic E-state index is 0.152. The Labute approximate surface area is 108 Å². The number of methoxy groups -OCH3 is 1. The van der Waals surface area contributed by atoms with Crippen molar-refractivity contribution in [1.29, 1.82) is 0 Å². The number of rotatable bonds is 10. The van der Waals surface area contributed by atoms with Crippen LogP contribution >= 0.6 is 0 Å². The lowest BCUT2D eigenvalue weighted by Crippen LogP contribution is -2.24. The van der Waals surface area contributed by atoms with Gasteiger partial charge in [-0.05, 0) is 30.3 Å². The van der Waals surface area contributed by atoms with Crippen molar-refractivity contribution in [2.24, 2.45) is 0 Å². The molecule has 0 aromatic carbocycles. The fraction of sp³-hybridized carbons (Fsp3) is 0.909. The second-order valence-electron chi connectivity index (χ2n) is 4.04. The molecular formula is C11H23N5O2. The third kappa shape index (κ3) is 5.07. The number of hydrogen-bond acceptors (Lipinski definition) is 6. The van der Waals surface area contributed by atoms with Crippen LogP contribution in [0.25, 0.3) is 0 Å². The topological polar surface area (TPSA) is 74.1 Å². The van der Waals surface area contributed by atoms with Gasteiger partial charge < -0.3 is 14.8 Å². The summed E-state index contributed by atoms with van der Waals surface area (Å²) in [6.07, 6.45) is 1.09. The summed E-state index contributed by atoms with van der Waals surface area (Å²) in [6.45, 7) is 7.59. The van der Waals surface area contributed by atoms with Gasteiger partial charge in [-0.15, -0.1) is 5.10 Å². The molecule has 0 radical (unpaired) electrons. The highest BCUT2D eigenvalue weighted by Crippen LogP contribution is 2.06. The van der Waals surface area contributed by atoms with E-state index < -0.39 is 0 Å². The molecule has 0 spiro atoms. The van der Waals surface area contributed by atoms with E-state index >= 15 is 0 Å². The van der Waals surface area contributed by atoms with Gasteiger partial charge >= 0.3 is 0 Å². The molecule has 0 amide bonds. The first-order valence-corrected chi connectivity index (χ1v) is 6.35. The van der Waals surface area contributed by atoms with Crippen molar-refractivity contribution >= 4 is 0 Å². The van der Waals surface area contributed by atoms with Gasteiger partial charge in [-0.3, -0.25) is 0 Å². The lowest BCUT2D eigenvalue weighted by Gasteiger charge is -2.12. The Bertz CT molecular complexity index is 318. The van der Waals surface area contributed by atoms with Gasteiger partial charge in [0.15, 0.2) is 5.82 Å². The molecule has 1 aromatic heterocycles. The van der Waals surface area contributed by atoms with Crippen molar-refractivity contribution in [3.8, 4) is 0 Å². The summed E-state index contributed by atoms with van der Waals surface area (Å²) in [7, 11) is 1.66. The average Bonchev–Trinajstić information content (AvgIpc) is 2.84. The van der Waals surface area contributed by atoms with E-state index in [1.807, 2.05) is 0 Å². The van der Waals surface area contributed by atoms with Crippen molar-refractivity contribution in [1.82, 2.24) is 25.5 Å². The Balaban J connectivity index is 2.34. The lowest BCUT2D eigenvalue weighted by molar-refractivity contribution is 0.0647. The highest BCUT2D eigenvalue weighted by Gasteiger charge is 2.13. The van der Waals surface area contributed by atoms with Crippen LogP contribution in [-0.2, 0) is 16.0 Å². The first-order chi connectivity index (χ1) is 8.79. The van der Waals surface area contributed by atoms with E-state index in [1.54, 1.807) is 11.8 Å². The molecular weight excluding hydrogens is 234 g/mol. The molecule has 0 saturated carbocycles. The maximum Gasteiger partial charge on any atom is 0.168 e. The van der Waals surface area contributed by atoms with E-state index in [9.17, 15) is 0 Å². The van der Waals surface area contributed by atoms with E-state index in [-0.39, 0.29) is 6.04 Å². The lowest BCUT2D eigenvalue weighted by atomic mass is 10.3. The summed E-state index contributed by atoms with van der Waals surface area (Å²) in [4.78, 5) is 0. The largest absolute Gasteiger partial charge is 0.382 e. The Kier molecular flexibility index (Phi) is 7.47. The van der Waals surface area contributed by atoms with Gasteiger partial charge in [0.05, 0.1) is 32.4 Å². The van der Waals surface area contributed by atoms with Crippen LogP contribution in [0.15, 0.2) is 0 Å². The molecule has 104 valence electrons. The normalized spacial score (nSPS) is 12.8. The number of tetrazole rings is 1. The molecule has 18 heavy (non-hydrogen) atoms. The number of aromatic nitrogens is 4. The zero-order chi connectivity index (χ0) is 13.2. The van der Waals surface area contributed by atoms with Crippen molar-refractivity contribution < 1.29 is 9.47 Å². The monoisotopic (exact) mass is 257 g/mol. The summed E-state index contributed by atoms with van der Waals surface area (Å²) in [5, 5.41) is 15.1. The van der Waals surface area contributed by atoms with E-state index in [1.165, 1.54) is 0 Å². The summed E-state index contributed by atoms with van der Waals surface area (Å²) >= 11 is 0. The molecule has 7 heteroatoms. The number of nitrogens with zero attached hydrogens (tertiary/aromatic N) is 4. The Morgan fingerprint density at radius 2 is 2.17 bits per heavy atom. The second-order valence-corrected chi connectivity index (χ2v) is 4.04. The van der Waals surface area contributed by atoms with Crippen molar-refractivity contribution in [2.45, 2.75) is 32.9 Å². The summed E-state index contributed by atoms with van der Waals surface area (Å²) in [5.74, 6) is 0.846. The minimum Gasteiger partial charge on any atom is -0.382 e. The van der Waals surface area contributed by atoms with Crippen LogP contribution in [-0.4, -0.2) is 53.7 Å². The molecule has 0 fully saturated rings. The van der Waals surface area contributed by atoms with E-state index in [2.05, 4.69) is 34.7 Å². The van der Waals surface area contributed by atoms with E-state index in [0.717, 1.165) is 18.8 Å². The number of ether oxygens (including phenoxy) is 2. The van der Waals surface area contributed by atoms with Crippen LogP contribution < -0.4 is 5.32 Å². The molecule has 0 bridgehead atoms. The standard InChI is InChI=1S/C11H23N5O2/c1-4-5-12-10(2)11-13-14-15-16(11)6-7-18-9-8-17-3/h10,12H,4-9H2,1-3H3. The zero-order valence-corrected chi connectivity index (χ0v) is 11.4. The smallest absolute Gasteiger partial charge is 0.168 e. The van der Waals surface area contributed by atoms with Crippen molar-refractivity contribution in [2.75, 3.05) is 33.5 Å². The third-order valence-corrected chi connectivity index (χ3v) is 2.53. The highest BCUT2D eigenvalue weighted by atomic mass is 16.5. The van der Waals surface area contributed by atoms with Gasteiger partial charge in [-0.2, -0.15) is 0 Å². The quantitative estimate of drug-likeness (QED) is 0.611. The molecule has 1 unspecified atom stereocenters. The maximum atomic E-state index is 5.40. The fourth-order valence-corrected chi connectivity index (χ4v) is 1.53. The minimum absolute atomic E-state index is 0.152. The van der Waals surface area contributed by atoms with Crippen LogP contribution in [0, 0.1) is 0 Å². The summed E-state index contributed by atoms with van der Waals surface area (Å²) < 4.78 is 12.1.